The van der Waals surface area contributed by atoms with E-state index in [4.69, 9.17) is 21.1 Å². The van der Waals surface area contributed by atoms with Crippen LogP contribution in [-0.4, -0.2) is 42.0 Å². The number of carbonyl (C=O) groups excluding carboxylic acids is 2. The summed E-state index contributed by atoms with van der Waals surface area (Å²) in [4.78, 5) is 36.7. The van der Waals surface area contributed by atoms with Crippen LogP contribution in [0, 0.1) is 0 Å². The van der Waals surface area contributed by atoms with Crippen molar-refractivity contribution in [3.8, 4) is 5.75 Å². The van der Waals surface area contributed by atoms with Crippen LogP contribution in [0.5, 0.6) is 5.75 Å². The van der Waals surface area contributed by atoms with Crippen molar-refractivity contribution in [2.45, 2.75) is 16.6 Å². The molecular weight excluding hydrogens is 492 g/mol. The highest BCUT2D eigenvalue weighted by molar-refractivity contribution is 8.00. The standard InChI is InChI=1S/C25H23ClN2O6S/c1-33-20-10-8-19(9-11-20)28-25(32)34-15-14-22(24(30)31)35-21-12-2-16(3-13-21)23(29)27-18-6-4-17(26)5-7-18/h2-13,22H,14-15H2,1H3,(H,27,29)(H,28,32)(H,30,31). The van der Waals surface area contributed by atoms with Gasteiger partial charge in [-0.2, -0.15) is 0 Å². The Balaban J connectivity index is 1.48. The normalized spacial score (nSPS) is 11.3. The Morgan fingerprint density at radius 2 is 1.51 bits per heavy atom. The van der Waals surface area contributed by atoms with Gasteiger partial charge in [-0.15, -0.1) is 11.8 Å². The van der Waals surface area contributed by atoms with E-state index < -0.39 is 17.3 Å². The first-order valence-electron chi connectivity index (χ1n) is 10.5. The smallest absolute Gasteiger partial charge is 0.411 e. The minimum atomic E-state index is -1.03. The first-order valence-corrected chi connectivity index (χ1v) is 11.7. The van der Waals surface area contributed by atoms with E-state index >= 15 is 0 Å². The fraction of sp³-hybridized carbons (Fsp3) is 0.160. The minimum absolute atomic E-state index is 0.0759. The Labute approximate surface area is 211 Å². The number of ether oxygens (including phenoxy) is 2. The SMILES string of the molecule is COc1ccc(NC(=O)OCCC(Sc2ccc(C(=O)Nc3ccc(Cl)cc3)cc2)C(=O)O)cc1. The minimum Gasteiger partial charge on any atom is -0.497 e. The van der Waals surface area contributed by atoms with E-state index in [-0.39, 0.29) is 18.9 Å². The summed E-state index contributed by atoms with van der Waals surface area (Å²) in [5.41, 5.74) is 1.56. The number of nitrogens with one attached hydrogen (secondary N) is 2. The lowest BCUT2D eigenvalue weighted by atomic mass is 10.2. The number of thioether (sulfide) groups is 1. The molecule has 1 atom stereocenters. The molecule has 0 aromatic heterocycles. The number of hydrogen-bond donors (Lipinski definition) is 3. The van der Waals surface area contributed by atoms with Crippen molar-refractivity contribution >= 4 is 52.7 Å². The third-order valence-electron chi connectivity index (χ3n) is 4.72. The maximum Gasteiger partial charge on any atom is 0.411 e. The molecule has 0 aliphatic carbocycles. The molecule has 0 saturated heterocycles. The molecule has 0 bridgehead atoms. The largest absolute Gasteiger partial charge is 0.497 e. The second-order valence-electron chi connectivity index (χ2n) is 7.21. The van der Waals surface area contributed by atoms with Gasteiger partial charge in [0.1, 0.15) is 11.0 Å². The van der Waals surface area contributed by atoms with Crippen molar-refractivity contribution in [3.63, 3.8) is 0 Å². The van der Waals surface area contributed by atoms with Crippen LogP contribution in [-0.2, 0) is 9.53 Å². The van der Waals surface area contributed by atoms with E-state index in [0.29, 0.717) is 32.6 Å². The van der Waals surface area contributed by atoms with Crippen LogP contribution in [0.3, 0.4) is 0 Å². The first-order chi connectivity index (χ1) is 16.8. The van der Waals surface area contributed by atoms with E-state index in [1.165, 1.54) is 0 Å². The number of hydrogen-bond acceptors (Lipinski definition) is 6. The lowest BCUT2D eigenvalue weighted by Gasteiger charge is -2.13. The van der Waals surface area contributed by atoms with Gasteiger partial charge < -0.3 is 19.9 Å². The molecule has 0 saturated carbocycles. The van der Waals surface area contributed by atoms with Gasteiger partial charge >= 0.3 is 12.1 Å². The van der Waals surface area contributed by atoms with Gasteiger partial charge in [0, 0.05) is 33.3 Å². The van der Waals surface area contributed by atoms with E-state index in [1.54, 1.807) is 79.9 Å². The van der Waals surface area contributed by atoms with Crippen LogP contribution >= 0.6 is 23.4 Å². The van der Waals surface area contributed by atoms with Gasteiger partial charge in [-0.25, -0.2) is 4.79 Å². The van der Waals surface area contributed by atoms with Crippen molar-refractivity contribution in [2.24, 2.45) is 0 Å². The summed E-state index contributed by atoms with van der Waals surface area (Å²) in [5.74, 6) is -0.672. The van der Waals surface area contributed by atoms with Gasteiger partial charge in [0.25, 0.3) is 5.91 Å². The molecule has 3 N–H and O–H groups in total. The number of benzene rings is 3. The maximum absolute atomic E-state index is 12.4. The summed E-state index contributed by atoms with van der Waals surface area (Å²) < 4.78 is 10.2. The predicted octanol–water partition coefficient (Wildman–Crippen LogP) is 5.79. The van der Waals surface area contributed by atoms with E-state index in [2.05, 4.69) is 10.6 Å². The number of halogens is 1. The summed E-state index contributed by atoms with van der Waals surface area (Å²) in [6, 6.07) is 20.0. The molecule has 182 valence electrons. The highest BCUT2D eigenvalue weighted by Gasteiger charge is 2.20. The molecule has 35 heavy (non-hydrogen) atoms. The second kappa shape index (κ2) is 12.7. The summed E-state index contributed by atoms with van der Waals surface area (Å²) in [7, 11) is 1.54. The Morgan fingerprint density at radius 3 is 2.11 bits per heavy atom. The zero-order valence-corrected chi connectivity index (χ0v) is 20.3. The molecule has 8 nitrogen and oxygen atoms in total. The van der Waals surface area contributed by atoms with Crippen molar-refractivity contribution in [2.75, 3.05) is 24.4 Å². The van der Waals surface area contributed by atoms with Gasteiger partial charge in [0.2, 0.25) is 0 Å². The number of methoxy groups -OCH3 is 1. The average Bonchev–Trinajstić information content (AvgIpc) is 2.85. The van der Waals surface area contributed by atoms with Crippen LogP contribution in [0.2, 0.25) is 5.02 Å². The van der Waals surface area contributed by atoms with Gasteiger partial charge in [0.05, 0.1) is 13.7 Å². The van der Waals surface area contributed by atoms with Crippen LogP contribution < -0.4 is 15.4 Å². The summed E-state index contributed by atoms with van der Waals surface area (Å²) >= 11 is 6.96. The van der Waals surface area contributed by atoms with Crippen LogP contribution in [0.4, 0.5) is 16.2 Å². The molecule has 1 unspecified atom stereocenters. The molecule has 0 heterocycles. The Bertz CT molecular complexity index is 1150. The van der Waals surface area contributed by atoms with Gasteiger partial charge in [-0.05, 0) is 72.8 Å². The highest BCUT2D eigenvalue weighted by atomic mass is 35.5. The Kier molecular flexibility index (Phi) is 9.39. The Morgan fingerprint density at radius 1 is 0.914 bits per heavy atom. The lowest BCUT2D eigenvalue weighted by molar-refractivity contribution is -0.136. The molecule has 0 spiro atoms. The number of rotatable bonds is 10. The number of carboxylic acids is 1. The van der Waals surface area contributed by atoms with Crippen molar-refractivity contribution in [1.82, 2.24) is 0 Å². The number of carbonyl (C=O) groups is 3. The number of carboxylic acid groups (broad SMARTS) is 1. The van der Waals surface area contributed by atoms with Crippen molar-refractivity contribution < 1.29 is 29.0 Å². The quantitative estimate of drug-likeness (QED) is 0.293. The third-order valence-corrected chi connectivity index (χ3v) is 6.24. The number of amides is 2. The zero-order valence-electron chi connectivity index (χ0n) is 18.7. The molecule has 0 fully saturated rings. The maximum atomic E-state index is 12.4. The average molecular weight is 515 g/mol. The van der Waals surface area contributed by atoms with Crippen molar-refractivity contribution in [1.29, 1.82) is 0 Å². The van der Waals surface area contributed by atoms with Gasteiger partial charge in [0.15, 0.2) is 0 Å². The van der Waals surface area contributed by atoms with E-state index in [1.807, 2.05) is 0 Å². The van der Waals surface area contributed by atoms with E-state index in [9.17, 15) is 19.5 Å². The molecule has 10 heteroatoms. The Hall–Kier alpha value is -3.69. The molecule has 2 amide bonds. The predicted molar refractivity (Wildman–Crippen MR) is 136 cm³/mol. The first kappa shape index (κ1) is 25.9. The number of anilines is 2. The van der Waals surface area contributed by atoms with Gasteiger partial charge in [-0.1, -0.05) is 11.6 Å². The summed E-state index contributed by atoms with van der Waals surface area (Å²) in [6.07, 6.45) is -0.574. The van der Waals surface area contributed by atoms with Crippen LogP contribution in [0.25, 0.3) is 0 Å². The molecule has 3 rings (SSSR count). The fourth-order valence-electron chi connectivity index (χ4n) is 2.91. The highest BCUT2D eigenvalue weighted by Crippen LogP contribution is 2.26. The molecule has 3 aromatic carbocycles. The molecule has 0 aliphatic rings. The zero-order chi connectivity index (χ0) is 25.2. The van der Waals surface area contributed by atoms with Crippen molar-refractivity contribution in [3.05, 3.63) is 83.4 Å². The fourth-order valence-corrected chi connectivity index (χ4v) is 3.97. The molecule has 3 aromatic rings. The summed E-state index contributed by atoms with van der Waals surface area (Å²) in [6.45, 7) is -0.0759. The summed E-state index contributed by atoms with van der Waals surface area (Å²) in [5, 5.41) is 14.6. The molecule has 0 aliphatic heterocycles. The topological polar surface area (TPSA) is 114 Å². The van der Waals surface area contributed by atoms with Crippen LogP contribution in [0.1, 0.15) is 16.8 Å². The van der Waals surface area contributed by atoms with Gasteiger partial charge in [-0.3, -0.25) is 14.9 Å². The molecular formula is C25H23ClN2O6S. The molecule has 0 radical (unpaired) electrons. The number of aliphatic carboxylic acids is 1. The lowest BCUT2D eigenvalue weighted by Crippen LogP contribution is -2.21. The second-order valence-corrected chi connectivity index (χ2v) is 8.92. The third kappa shape index (κ3) is 8.24. The monoisotopic (exact) mass is 514 g/mol. The van der Waals surface area contributed by atoms with Crippen LogP contribution in [0.15, 0.2) is 77.7 Å². The van der Waals surface area contributed by atoms with E-state index in [0.717, 1.165) is 11.8 Å².